The number of hydrogen-bond donors (Lipinski definition) is 1. The maximum atomic E-state index is 12.6. The monoisotopic (exact) mass is 329 g/mol. The summed E-state index contributed by atoms with van der Waals surface area (Å²) in [5.74, 6) is -0.163. The number of quaternary nitrogens is 1. The lowest BCUT2D eigenvalue weighted by Gasteiger charge is -2.31. The summed E-state index contributed by atoms with van der Waals surface area (Å²) in [6, 6.07) is 4.55. The lowest BCUT2D eigenvalue weighted by atomic mass is 10.2. The van der Waals surface area contributed by atoms with Crippen molar-refractivity contribution in [2.45, 2.75) is 6.18 Å². The van der Waals surface area contributed by atoms with Crippen LogP contribution in [0, 0.1) is 0 Å². The van der Waals surface area contributed by atoms with Crippen molar-refractivity contribution in [2.24, 2.45) is 0 Å². The Morgan fingerprint density at radius 2 is 2.04 bits per heavy atom. The first kappa shape index (κ1) is 17.3. The summed E-state index contributed by atoms with van der Waals surface area (Å²) in [7, 11) is 0. The van der Waals surface area contributed by atoms with Gasteiger partial charge in [-0.05, 0) is 24.3 Å². The first-order chi connectivity index (χ1) is 10.9. The van der Waals surface area contributed by atoms with Gasteiger partial charge in [-0.15, -0.1) is 0 Å². The molecule has 126 valence electrons. The van der Waals surface area contributed by atoms with Crippen LogP contribution in [0.3, 0.4) is 0 Å². The van der Waals surface area contributed by atoms with Gasteiger partial charge < -0.3 is 14.5 Å². The molecule has 23 heavy (non-hydrogen) atoms. The van der Waals surface area contributed by atoms with Crippen LogP contribution in [0.25, 0.3) is 0 Å². The fraction of sp³-hybridized carbons (Fsp3) is 0.438. The number of rotatable bonds is 5. The minimum Gasteiger partial charge on any atom is -0.484 e. The first-order valence-electron chi connectivity index (χ1n) is 7.42. The van der Waals surface area contributed by atoms with E-state index in [1.807, 2.05) is 6.08 Å². The predicted molar refractivity (Wildman–Crippen MR) is 79.3 cm³/mol. The van der Waals surface area contributed by atoms with E-state index in [-0.39, 0.29) is 18.3 Å². The van der Waals surface area contributed by atoms with E-state index in [1.54, 1.807) is 4.90 Å². The molecule has 7 heteroatoms. The van der Waals surface area contributed by atoms with Gasteiger partial charge in [0, 0.05) is 0 Å². The molecule has 1 saturated heterocycles. The predicted octanol–water partition coefficient (Wildman–Crippen LogP) is 0.997. The average molecular weight is 329 g/mol. The number of alkyl halides is 3. The summed E-state index contributed by atoms with van der Waals surface area (Å²) in [5.41, 5.74) is -0.788. The van der Waals surface area contributed by atoms with Gasteiger partial charge in [0.2, 0.25) is 0 Å². The second-order valence-corrected chi connectivity index (χ2v) is 5.44. The molecule has 0 aromatic heterocycles. The molecule has 1 N–H and O–H groups in total. The topological polar surface area (TPSA) is 34.0 Å². The summed E-state index contributed by atoms with van der Waals surface area (Å²) in [5, 5.41) is 0. The standard InChI is InChI=1S/C16H19F3N2O2/c1-2-6-20-7-9-21(10-8-20)15(22)12-23-14-5-3-4-13(11-14)16(17,18)19/h2-5,11H,1,6-10,12H2/p+1. The number of carbonyl (C=O) groups excluding carboxylic acids is 1. The molecule has 0 unspecified atom stereocenters. The Kier molecular flexibility index (Phi) is 5.65. The number of halogens is 3. The fourth-order valence-corrected chi connectivity index (χ4v) is 2.48. The largest absolute Gasteiger partial charge is 0.484 e. The molecular formula is C16H20F3N2O2+. The normalized spacial score (nSPS) is 16.2. The molecule has 4 nitrogen and oxygen atoms in total. The first-order valence-corrected chi connectivity index (χ1v) is 7.42. The quantitative estimate of drug-likeness (QED) is 0.818. The molecule has 2 rings (SSSR count). The van der Waals surface area contributed by atoms with Crippen LogP contribution in [-0.2, 0) is 11.0 Å². The summed E-state index contributed by atoms with van der Waals surface area (Å²) in [4.78, 5) is 15.1. The summed E-state index contributed by atoms with van der Waals surface area (Å²) in [6.45, 7) is 7.21. The van der Waals surface area contributed by atoms with Gasteiger partial charge in [-0.3, -0.25) is 4.79 Å². The Bertz CT molecular complexity index is 553. The van der Waals surface area contributed by atoms with Crippen LogP contribution in [0.4, 0.5) is 13.2 Å². The summed E-state index contributed by atoms with van der Waals surface area (Å²) in [6.07, 6.45) is -2.57. The maximum Gasteiger partial charge on any atom is 0.416 e. The van der Waals surface area contributed by atoms with E-state index in [1.165, 1.54) is 17.0 Å². The molecule has 0 saturated carbocycles. The number of benzene rings is 1. The Morgan fingerprint density at radius 3 is 2.65 bits per heavy atom. The highest BCUT2D eigenvalue weighted by atomic mass is 19.4. The third-order valence-electron chi connectivity index (χ3n) is 3.78. The van der Waals surface area contributed by atoms with Crippen LogP contribution in [0.1, 0.15) is 5.56 Å². The molecule has 1 aliphatic rings. The maximum absolute atomic E-state index is 12.6. The van der Waals surface area contributed by atoms with Crippen LogP contribution in [0.15, 0.2) is 36.9 Å². The highest BCUT2D eigenvalue weighted by Crippen LogP contribution is 2.31. The fourth-order valence-electron chi connectivity index (χ4n) is 2.48. The van der Waals surface area contributed by atoms with Gasteiger partial charge in [0.05, 0.1) is 38.3 Å². The zero-order valence-corrected chi connectivity index (χ0v) is 12.7. The second kappa shape index (κ2) is 7.50. The zero-order valence-electron chi connectivity index (χ0n) is 12.7. The summed E-state index contributed by atoms with van der Waals surface area (Å²) >= 11 is 0. The van der Waals surface area contributed by atoms with E-state index in [4.69, 9.17) is 4.74 Å². The van der Waals surface area contributed by atoms with Crippen molar-refractivity contribution in [3.8, 4) is 5.75 Å². The Balaban J connectivity index is 1.84. The van der Waals surface area contributed by atoms with Gasteiger partial charge in [-0.2, -0.15) is 13.2 Å². The highest BCUT2D eigenvalue weighted by Gasteiger charge is 2.30. The third-order valence-corrected chi connectivity index (χ3v) is 3.78. The van der Waals surface area contributed by atoms with Gasteiger partial charge in [-0.1, -0.05) is 12.6 Å². The molecule has 1 fully saturated rings. The van der Waals surface area contributed by atoms with Crippen molar-refractivity contribution >= 4 is 5.91 Å². The van der Waals surface area contributed by atoms with Gasteiger partial charge in [0.25, 0.3) is 5.91 Å². The molecule has 0 bridgehead atoms. The van der Waals surface area contributed by atoms with Crippen LogP contribution in [0.5, 0.6) is 5.75 Å². The van der Waals surface area contributed by atoms with E-state index < -0.39 is 11.7 Å². The van der Waals surface area contributed by atoms with E-state index in [9.17, 15) is 18.0 Å². The molecule has 1 heterocycles. The number of piperazine rings is 1. The zero-order chi connectivity index (χ0) is 16.9. The van der Waals surface area contributed by atoms with E-state index >= 15 is 0 Å². The molecule has 1 aromatic rings. The van der Waals surface area contributed by atoms with Crippen molar-refractivity contribution in [3.63, 3.8) is 0 Å². The molecule has 0 spiro atoms. The number of amides is 1. The van der Waals surface area contributed by atoms with Crippen LogP contribution in [-0.4, -0.2) is 50.1 Å². The minimum absolute atomic E-state index is 0.0455. The van der Waals surface area contributed by atoms with Crippen molar-refractivity contribution in [2.75, 3.05) is 39.3 Å². The van der Waals surface area contributed by atoms with Crippen molar-refractivity contribution in [3.05, 3.63) is 42.5 Å². The van der Waals surface area contributed by atoms with Crippen LogP contribution in [0.2, 0.25) is 0 Å². The average Bonchev–Trinajstić information content (AvgIpc) is 2.53. The van der Waals surface area contributed by atoms with E-state index in [0.717, 1.165) is 31.8 Å². The van der Waals surface area contributed by atoms with Crippen molar-refractivity contribution < 1.29 is 27.6 Å². The lowest BCUT2D eigenvalue weighted by Crippen LogP contribution is -3.14. The number of nitrogens with one attached hydrogen (secondary N) is 1. The van der Waals surface area contributed by atoms with Crippen LogP contribution < -0.4 is 9.64 Å². The number of nitrogens with zero attached hydrogens (tertiary/aromatic N) is 1. The molecule has 0 atom stereocenters. The second-order valence-electron chi connectivity index (χ2n) is 5.44. The molecule has 1 amide bonds. The van der Waals surface area contributed by atoms with Crippen LogP contribution >= 0.6 is 0 Å². The smallest absolute Gasteiger partial charge is 0.416 e. The number of carbonyl (C=O) groups is 1. The van der Waals surface area contributed by atoms with E-state index in [2.05, 4.69) is 6.58 Å². The third kappa shape index (κ3) is 4.99. The summed E-state index contributed by atoms with van der Waals surface area (Å²) < 4.78 is 43.1. The Hall–Kier alpha value is -2.02. The molecule has 0 radical (unpaired) electrons. The highest BCUT2D eigenvalue weighted by molar-refractivity contribution is 5.77. The minimum atomic E-state index is -4.42. The van der Waals surface area contributed by atoms with Gasteiger partial charge in [-0.25, -0.2) is 0 Å². The Morgan fingerprint density at radius 1 is 1.35 bits per heavy atom. The van der Waals surface area contributed by atoms with Gasteiger partial charge in [0.15, 0.2) is 6.61 Å². The molecule has 0 aliphatic carbocycles. The van der Waals surface area contributed by atoms with E-state index in [0.29, 0.717) is 13.1 Å². The molecular weight excluding hydrogens is 309 g/mol. The van der Waals surface area contributed by atoms with Crippen molar-refractivity contribution in [1.82, 2.24) is 4.90 Å². The molecule has 1 aromatic carbocycles. The van der Waals surface area contributed by atoms with Gasteiger partial charge in [0.1, 0.15) is 5.75 Å². The Labute approximate surface area is 133 Å². The number of hydrogen-bond acceptors (Lipinski definition) is 2. The SMILES string of the molecule is C=CC[NH+]1CCN(C(=O)COc2cccc(C(F)(F)F)c2)CC1. The van der Waals surface area contributed by atoms with Gasteiger partial charge >= 0.3 is 6.18 Å². The number of ether oxygens (including phenoxy) is 1. The lowest BCUT2D eigenvalue weighted by molar-refractivity contribution is -0.898. The molecule has 1 aliphatic heterocycles. The van der Waals surface area contributed by atoms with Crippen molar-refractivity contribution in [1.29, 1.82) is 0 Å².